The van der Waals surface area contributed by atoms with Gasteiger partial charge in [-0.15, -0.1) is 0 Å². The number of aromatic nitrogens is 4. The fraction of sp³-hybridized carbons (Fsp3) is 0.417. The molecule has 1 N–H and O–H groups in total. The number of hydrogen-bond donors (Lipinski definition) is 1. The largest absolute Gasteiger partial charge is 0.481 e. The van der Waals surface area contributed by atoms with Gasteiger partial charge in [0.15, 0.2) is 5.82 Å². The lowest BCUT2D eigenvalue weighted by Crippen LogP contribution is -2.29. The van der Waals surface area contributed by atoms with E-state index in [0.29, 0.717) is 22.8 Å². The van der Waals surface area contributed by atoms with Crippen molar-refractivity contribution in [2.24, 2.45) is 0 Å². The van der Waals surface area contributed by atoms with Crippen LogP contribution in [0.2, 0.25) is 0 Å². The van der Waals surface area contributed by atoms with Crippen molar-refractivity contribution >= 4 is 5.97 Å². The molecule has 8 heteroatoms. The van der Waals surface area contributed by atoms with Gasteiger partial charge in [0.05, 0.1) is 6.42 Å². The molecular weight excluding hydrogens is 264 g/mol. The summed E-state index contributed by atoms with van der Waals surface area (Å²) in [6.45, 7) is 5.04. The van der Waals surface area contributed by atoms with Crippen molar-refractivity contribution in [3.63, 3.8) is 0 Å². The summed E-state index contributed by atoms with van der Waals surface area (Å²) in [5, 5.41) is 12.6. The van der Waals surface area contributed by atoms with Crippen LogP contribution in [0.4, 0.5) is 0 Å². The van der Waals surface area contributed by atoms with Gasteiger partial charge in [0.1, 0.15) is 6.54 Å². The van der Waals surface area contributed by atoms with Crippen LogP contribution >= 0.6 is 0 Å². The third-order valence-electron chi connectivity index (χ3n) is 2.96. The zero-order valence-corrected chi connectivity index (χ0v) is 11.4. The fourth-order valence-electron chi connectivity index (χ4n) is 1.97. The second-order valence-corrected chi connectivity index (χ2v) is 4.44. The number of aliphatic carboxylic acids is 1. The normalized spacial score (nSPS) is 10.8. The number of carboxylic acids is 1. The van der Waals surface area contributed by atoms with Crippen LogP contribution in [0.15, 0.2) is 9.32 Å². The molecule has 2 heterocycles. The van der Waals surface area contributed by atoms with Crippen molar-refractivity contribution in [2.75, 3.05) is 0 Å². The molecule has 0 saturated heterocycles. The summed E-state index contributed by atoms with van der Waals surface area (Å²) in [6.07, 6.45) is -0.187. The van der Waals surface area contributed by atoms with Gasteiger partial charge in [-0.1, -0.05) is 5.16 Å². The first-order valence-corrected chi connectivity index (χ1v) is 5.96. The lowest BCUT2D eigenvalue weighted by atomic mass is 10.1. The van der Waals surface area contributed by atoms with E-state index in [4.69, 9.17) is 9.63 Å². The standard InChI is InChI=1S/C12H14N4O4/c1-6-9(4-11(17)18)7(2)16(12(19)13-6)5-10-14-8(3)15-20-10/h4-5H2,1-3H3,(H,17,18). The molecule has 0 aromatic carbocycles. The highest BCUT2D eigenvalue weighted by Crippen LogP contribution is 2.11. The molecule has 0 unspecified atom stereocenters. The Morgan fingerprint density at radius 2 is 2.00 bits per heavy atom. The maximum Gasteiger partial charge on any atom is 0.348 e. The number of carboxylic acid groups (broad SMARTS) is 1. The van der Waals surface area contributed by atoms with Gasteiger partial charge < -0.3 is 9.63 Å². The lowest BCUT2D eigenvalue weighted by molar-refractivity contribution is -0.136. The highest BCUT2D eigenvalue weighted by Gasteiger charge is 2.16. The van der Waals surface area contributed by atoms with E-state index in [1.54, 1.807) is 20.8 Å². The van der Waals surface area contributed by atoms with Crippen LogP contribution in [-0.2, 0) is 17.8 Å². The first-order valence-electron chi connectivity index (χ1n) is 5.96. The van der Waals surface area contributed by atoms with Crippen LogP contribution in [0.1, 0.15) is 28.7 Å². The number of rotatable bonds is 4. The number of hydrogen-bond acceptors (Lipinski definition) is 6. The van der Waals surface area contributed by atoms with Crippen LogP contribution in [0.25, 0.3) is 0 Å². The van der Waals surface area contributed by atoms with E-state index < -0.39 is 11.7 Å². The molecule has 0 bridgehead atoms. The summed E-state index contributed by atoms with van der Waals surface area (Å²) in [5.41, 5.74) is 1.02. The quantitative estimate of drug-likeness (QED) is 0.851. The Morgan fingerprint density at radius 3 is 2.55 bits per heavy atom. The third-order valence-corrected chi connectivity index (χ3v) is 2.96. The Balaban J connectivity index is 2.47. The Hall–Kier alpha value is -2.51. The summed E-state index contributed by atoms with van der Waals surface area (Å²) < 4.78 is 6.30. The van der Waals surface area contributed by atoms with E-state index in [2.05, 4.69) is 15.1 Å². The Bertz CT molecular complexity index is 717. The molecule has 106 valence electrons. The number of nitrogens with zero attached hydrogens (tertiary/aromatic N) is 4. The predicted molar refractivity (Wildman–Crippen MR) is 67.4 cm³/mol. The van der Waals surface area contributed by atoms with Gasteiger partial charge in [0, 0.05) is 17.0 Å². The fourth-order valence-corrected chi connectivity index (χ4v) is 1.97. The van der Waals surface area contributed by atoms with Crippen LogP contribution in [0.3, 0.4) is 0 Å². The third kappa shape index (κ3) is 2.73. The van der Waals surface area contributed by atoms with Crippen molar-refractivity contribution in [3.05, 3.63) is 39.2 Å². The van der Waals surface area contributed by atoms with Gasteiger partial charge in [-0.3, -0.25) is 9.36 Å². The summed E-state index contributed by atoms with van der Waals surface area (Å²) in [5.74, 6) is -0.229. The maximum atomic E-state index is 11.9. The maximum absolute atomic E-state index is 11.9. The van der Waals surface area contributed by atoms with Crippen LogP contribution in [0.5, 0.6) is 0 Å². The molecule has 0 aliphatic carbocycles. The summed E-state index contributed by atoms with van der Waals surface area (Å²) >= 11 is 0. The molecule has 2 rings (SSSR count). The molecule has 0 radical (unpaired) electrons. The molecule has 0 amide bonds. The molecule has 0 fully saturated rings. The van der Waals surface area contributed by atoms with Gasteiger partial charge in [0.2, 0.25) is 5.89 Å². The van der Waals surface area contributed by atoms with Crippen molar-refractivity contribution in [1.29, 1.82) is 0 Å². The first kappa shape index (κ1) is 13.9. The average molecular weight is 278 g/mol. The highest BCUT2D eigenvalue weighted by molar-refractivity contribution is 5.70. The second-order valence-electron chi connectivity index (χ2n) is 4.44. The average Bonchev–Trinajstić information content (AvgIpc) is 2.75. The molecule has 20 heavy (non-hydrogen) atoms. The van der Waals surface area contributed by atoms with E-state index in [9.17, 15) is 9.59 Å². The van der Waals surface area contributed by atoms with Gasteiger partial charge in [0.25, 0.3) is 0 Å². The topological polar surface area (TPSA) is 111 Å². The van der Waals surface area contributed by atoms with Crippen LogP contribution < -0.4 is 5.69 Å². The van der Waals surface area contributed by atoms with Gasteiger partial charge >= 0.3 is 11.7 Å². The Labute approximate surface area is 114 Å². The minimum absolute atomic E-state index is 0.0748. The van der Waals surface area contributed by atoms with Crippen molar-refractivity contribution in [1.82, 2.24) is 19.7 Å². The molecule has 0 aliphatic heterocycles. The summed E-state index contributed by atoms with van der Waals surface area (Å²) in [4.78, 5) is 30.7. The minimum atomic E-state index is -0.975. The highest BCUT2D eigenvalue weighted by atomic mass is 16.5. The molecule has 8 nitrogen and oxygen atoms in total. The second kappa shape index (κ2) is 5.24. The van der Waals surface area contributed by atoms with E-state index in [-0.39, 0.29) is 18.9 Å². The first-order chi connectivity index (χ1) is 9.38. The van der Waals surface area contributed by atoms with E-state index in [1.165, 1.54) is 4.57 Å². The van der Waals surface area contributed by atoms with E-state index >= 15 is 0 Å². The van der Waals surface area contributed by atoms with Crippen molar-refractivity contribution in [2.45, 2.75) is 33.7 Å². The molecule has 0 saturated carbocycles. The van der Waals surface area contributed by atoms with E-state index in [1.807, 2.05) is 0 Å². The predicted octanol–water partition coefficient (Wildman–Crippen LogP) is 0.227. The minimum Gasteiger partial charge on any atom is -0.481 e. The molecular formula is C12H14N4O4. The molecule has 0 aliphatic rings. The lowest BCUT2D eigenvalue weighted by Gasteiger charge is -2.12. The number of aryl methyl sites for hydroxylation is 2. The Kier molecular flexibility index (Phi) is 3.64. The zero-order valence-electron chi connectivity index (χ0n) is 11.4. The SMILES string of the molecule is Cc1noc(Cn2c(C)c(CC(=O)O)c(C)nc2=O)n1. The van der Waals surface area contributed by atoms with Gasteiger partial charge in [-0.2, -0.15) is 9.97 Å². The summed E-state index contributed by atoms with van der Waals surface area (Å²) in [6, 6.07) is 0. The van der Waals surface area contributed by atoms with Gasteiger partial charge in [-0.05, 0) is 20.8 Å². The van der Waals surface area contributed by atoms with Gasteiger partial charge in [-0.25, -0.2) is 4.79 Å². The molecule has 2 aromatic rings. The van der Waals surface area contributed by atoms with Crippen LogP contribution in [0, 0.1) is 20.8 Å². The zero-order chi connectivity index (χ0) is 14.9. The summed E-state index contributed by atoms with van der Waals surface area (Å²) in [7, 11) is 0. The van der Waals surface area contributed by atoms with Crippen LogP contribution in [-0.4, -0.2) is 30.8 Å². The Morgan fingerprint density at radius 1 is 1.30 bits per heavy atom. The molecule has 0 spiro atoms. The molecule has 0 atom stereocenters. The number of carbonyl (C=O) groups is 1. The monoisotopic (exact) mass is 278 g/mol. The molecule has 2 aromatic heterocycles. The smallest absolute Gasteiger partial charge is 0.348 e. The van der Waals surface area contributed by atoms with Crippen molar-refractivity contribution < 1.29 is 14.4 Å². The van der Waals surface area contributed by atoms with E-state index in [0.717, 1.165) is 0 Å². The van der Waals surface area contributed by atoms with Crippen molar-refractivity contribution in [3.8, 4) is 0 Å².